The lowest BCUT2D eigenvalue weighted by molar-refractivity contribution is -0.583. The minimum absolute atomic E-state index is 0.116. The van der Waals surface area contributed by atoms with Crippen LogP contribution < -0.4 is 0 Å². The molecule has 2 aliphatic rings. The van der Waals surface area contributed by atoms with E-state index >= 15 is 0 Å². The number of aliphatic hydroxyl groups is 1. The van der Waals surface area contributed by atoms with Crippen molar-refractivity contribution >= 4 is 5.91 Å². The highest BCUT2D eigenvalue weighted by molar-refractivity contribution is 5.81. The summed E-state index contributed by atoms with van der Waals surface area (Å²) < 4.78 is 5.46. The second-order valence-electron chi connectivity index (χ2n) is 6.26. The van der Waals surface area contributed by atoms with Crippen LogP contribution in [0.3, 0.4) is 0 Å². The highest BCUT2D eigenvalue weighted by Gasteiger charge is 2.48. The van der Waals surface area contributed by atoms with E-state index in [1.165, 1.54) is 5.56 Å². The molecule has 0 saturated carbocycles. The molecule has 0 unspecified atom stereocenters. The maximum atomic E-state index is 12.6. The van der Waals surface area contributed by atoms with Crippen molar-refractivity contribution in [3.05, 3.63) is 45.5 Å². The molecule has 7 heteroatoms. The second-order valence-corrected chi connectivity index (χ2v) is 6.26. The molecule has 124 valence electrons. The molecule has 7 nitrogen and oxygen atoms in total. The smallest absolute Gasteiger partial charge is 0.267 e. The Bertz CT molecular complexity index is 610. The summed E-state index contributed by atoms with van der Waals surface area (Å²) in [6, 6.07) is 8.03. The maximum absolute atomic E-state index is 12.6. The summed E-state index contributed by atoms with van der Waals surface area (Å²) in [6.07, 6.45) is 0.569. The second kappa shape index (κ2) is 6.25. The first-order valence-electron chi connectivity index (χ1n) is 7.78. The lowest BCUT2D eigenvalue weighted by Gasteiger charge is -2.36. The van der Waals surface area contributed by atoms with Gasteiger partial charge in [-0.15, -0.1) is 0 Å². The van der Waals surface area contributed by atoms with Crippen molar-refractivity contribution in [2.24, 2.45) is 0 Å². The van der Waals surface area contributed by atoms with Gasteiger partial charge in [-0.25, -0.2) is 0 Å². The van der Waals surface area contributed by atoms with Crippen molar-refractivity contribution in [2.45, 2.75) is 37.5 Å². The number of carbonyl (C=O) groups excluding carboxylic acids is 1. The topological polar surface area (TPSA) is 92.9 Å². The van der Waals surface area contributed by atoms with Crippen LogP contribution in [0.15, 0.2) is 24.3 Å². The maximum Gasteiger partial charge on any atom is 0.267 e. The van der Waals surface area contributed by atoms with Gasteiger partial charge in [-0.3, -0.25) is 14.9 Å². The molecule has 1 aromatic rings. The normalized spacial score (nSPS) is 27.3. The average molecular weight is 320 g/mol. The number of rotatable bonds is 3. The number of nitrogens with zero attached hydrogens (tertiary/aromatic N) is 2. The minimum atomic E-state index is -1.47. The predicted octanol–water partition coefficient (Wildman–Crippen LogP) is 0.758. The first-order valence-corrected chi connectivity index (χ1v) is 7.78. The van der Waals surface area contributed by atoms with Crippen molar-refractivity contribution in [3.63, 3.8) is 0 Å². The lowest BCUT2D eigenvalue weighted by Crippen LogP contribution is -2.54. The van der Waals surface area contributed by atoms with Gasteiger partial charge < -0.3 is 14.7 Å². The van der Waals surface area contributed by atoms with Crippen LogP contribution in [0.4, 0.5) is 0 Å². The van der Waals surface area contributed by atoms with Crippen LogP contribution in [-0.4, -0.2) is 52.2 Å². The summed E-state index contributed by atoms with van der Waals surface area (Å²) in [7, 11) is 0. The van der Waals surface area contributed by atoms with Crippen LogP contribution in [0.2, 0.25) is 0 Å². The van der Waals surface area contributed by atoms with Crippen molar-refractivity contribution in [1.82, 2.24) is 4.90 Å². The van der Waals surface area contributed by atoms with Gasteiger partial charge in [0.1, 0.15) is 19.3 Å². The number of aliphatic hydroxyl groups excluding tert-OH is 1. The van der Waals surface area contributed by atoms with Crippen molar-refractivity contribution in [1.29, 1.82) is 0 Å². The summed E-state index contributed by atoms with van der Waals surface area (Å²) in [5.41, 5.74) is 0.928. The zero-order valence-corrected chi connectivity index (χ0v) is 12.8. The molecule has 3 rings (SSSR count). The van der Waals surface area contributed by atoms with Gasteiger partial charge in [-0.2, -0.15) is 0 Å². The molecule has 2 aliphatic heterocycles. The number of carbonyl (C=O) groups is 1. The standard InChI is InChI=1S/C16H20N2O5/c19-10-16(18(21)22)7-5-14(23-11-16)15(20)17-8-6-12-3-1-2-4-13(12)9-17/h1-4,14,19H,5-11H2/t14-,16+/m1/s1. The van der Waals surface area contributed by atoms with E-state index in [0.29, 0.717) is 13.1 Å². The molecule has 23 heavy (non-hydrogen) atoms. The Balaban J connectivity index is 1.64. The molecular weight excluding hydrogens is 300 g/mol. The zero-order valence-electron chi connectivity index (χ0n) is 12.8. The molecule has 0 spiro atoms. The number of benzene rings is 1. The van der Waals surface area contributed by atoms with Gasteiger partial charge in [0.15, 0.2) is 0 Å². The Morgan fingerprint density at radius 3 is 2.78 bits per heavy atom. The van der Waals surface area contributed by atoms with Gasteiger partial charge in [-0.05, 0) is 24.0 Å². The molecule has 1 fully saturated rings. The summed E-state index contributed by atoms with van der Waals surface area (Å²) in [6.45, 7) is 0.390. The van der Waals surface area contributed by atoms with Crippen LogP contribution in [0.25, 0.3) is 0 Å². The van der Waals surface area contributed by atoms with E-state index in [4.69, 9.17) is 4.74 Å². The van der Waals surface area contributed by atoms with Crippen LogP contribution in [0, 0.1) is 10.1 Å². The third-order valence-corrected chi connectivity index (χ3v) is 4.82. The third kappa shape index (κ3) is 2.94. The van der Waals surface area contributed by atoms with E-state index in [1.54, 1.807) is 4.90 Å². The fourth-order valence-corrected chi connectivity index (χ4v) is 3.22. The predicted molar refractivity (Wildman–Crippen MR) is 81.3 cm³/mol. The molecule has 1 N–H and O–H groups in total. The Morgan fingerprint density at radius 2 is 2.17 bits per heavy atom. The molecule has 2 atom stereocenters. The molecule has 1 saturated heterocycles. The van der Waals surface area contributed by atoms with Crippen molar-refractivity contribution in [2.75, 3.05) is 19.8 Å². The summed E-state index contributed by atoms with van der Waals surface area (Å²) >= 11 is 0. The van der Waals surface area contributed by atoms with Gasteiger partial charge in [0.2, 0.25) is 0 Å². The van der Waals surface area contributed by atoms with Crippen LogP contribution in [0.5, 0.6) is 0 Å². The highest BCUT2D eigenvalue weighted by atomic mass is 16.6. The molecule has 1 aromatic carbocycles. The van der Waals surface area contributed by atoms with E-state index in [0.717, 1.165) is 12.0 Å². The molecule has 0 radical (unpaired) electrons. The van der Waals surface area contributed by atoms with Gasteiger partial charge in [0.25, 0.3) is 11.4 Å². The number of hydrogen-bond acceptors (Lipinski definition) is 5. The third-order valence-electron chi connectivity index (χ3n) is 4.82. The summed E-state index contributed by atoms with van der Waals surface area (Å²) in [4.78, 5) is 25.0. The number of fused-ring (bicyclic) bond motifs is 1. The van der Waals surface area contributed by atoms with Gasteiger partial charge in [-0.1, -0.05) is 24.3 Å². The Kier molecular flexibility index (Phi) is 4.32. The molecular formula is C16H20N2O5. The molecule has 0 aliphatic carbocycles. The van der Waals surface area contributed by atoms with E-state index in [-0.39, 0.29) is 25.4 Å². The molecule has 0 bridgehead atoms. The monoisotopic (exact) mass is 320 g/mol. The number of amides is 1. The summed E-state index contributed by atoms with van der Waals surface area (Å²) in [5, 5.41) is 20.4. The highest BCUT2D eigenvalue weighted by Crippen LogP contribution is 2.28. The van der Waals surface area contributed by atoms with E-state index in [9.17, 15) is 20.0 Å². The van der Waals surface area contributed by atoms with Crippen LogP contribution in [0.1, 0.15) is 24.0 Å². The quantitative estimate of drug-likeness (QED) is 0.655. The van der Waals surface area contributed by atoms with Crippen LogP contribution in [-0.2, 0) is 22.5 Å². The lowest BCUT2D eigenvalue weighted by atomic mass is 9.90. The fraction of sp³-hybridized carbons (Fsp3) is 0.562. The van der Waals surface area contributed by atoms with Gasteiger partial charge >= 0.3 is 0 Å². The average Bonchev–Trinajstić information content (AvgIpc) is 2.60. The van der Waals surface area contributed by atoms with Gasteiger partial charge in [0.05, 0.1) is 0 Å². The van der Waals surface area contributed by atoms with E-state index in [1.807, 2.05) is 18.2 Å². The van der Waals surface area contributed by atoms with E-state index < -0.39 is 23.2 Å². The van der Waals surface area contributed by atoms with Gasteiger partial charge in [0, 0.05) is 24.4 Å². The zero-order chi connectivity index (χ0) is 16.4. The first-order chi connectivity index (χ1) is 11.1. The largest absolute Gasteiger partial charge is 0.389 e. The number of nitro groups is 1. The first kappa shape index (κ1) is 15.9. The Morgan fingerprint density at radius 1 is 1.43 bits per heavy atom. The minimum Gasteiger partial charge on any atom is -0.389 e. The van der Waals surface area contributed by atoms with E-state index in [2.05, 4.69) is 6.07 Å². The Labute approximate surface area is 134 Å². The number of hydrogen-bond donors (Lipinski definition) is 1. The van der Waals surface area contributed by atoms with Crippen LogP contribution >= 0.6 is 0 Å². The van der Waals surface area contributed by atoms with Crippen molar-refractivity contribution in [3.8, 4) is 0 Å². The SMILES string of the molecule is O=C([C@H]1CC[C@@](CO)([N+](=O)[O-])CO1)N1CCc2ccccc2C1. The summed E-state index contributed by atoms with van der Waals surface area (Å²) in [5.74, 6) is -0.116. The number of ether oxygens (including phenoxy) is 1. The fourth-order valence-electron chi connectivity index (χ4n) is 3.22. The Hall–Kier alpha value is -1.99. The van der Waals surface area contributed by atoms with Crippen molar-refractivity contribution < 1.29 is 19.6 Å². The molecule has 1 amide bonds. The molecule has 0 aromatic heterocycles. The molecule has 2 heterocycles.